The molecular formula is C16H20N2O2. The molecule has 0 N–H and O–H groups in total. The maximum atomic E-state index is 12.5. The minimum absolute atomic E-state index is 0.0844. The molecule has 1 heterocycles. The van der Waals surface area contributed by atoms with Gasteiger partial charge in [-0.2, -0.15) is 5.26 Å². The SMILES string of the molecule is CCN(CC1CCCCO1)C(=O)c1ccccc1C#N. The second-order valence-electron chi connectivity index (χ2n) is 4.99. The number of likely N-dealkylation sites (N-methyl/N-ethyl adjacent to an activating group) is 1. The molecule has 1 aliphatic rings. The van der Waals surface area contributed by atoms with Gasteiger partial charge in [0.2, 0.25) is 0 Å². The maximum absolute atomic E-state index is 12.5. The lowest BCUT2D eigenvalue weighted by molar-refractivity contribution is -0.00312. The predicted octanol–water partition coefficient (Wildman–Crippen LogP) is 2.59. The van der Waals surface area contributed by atoms with Crippen LogP contribution in [0.15, 0.2) is 24.3 Å². The molecule has 4 nitrogen and oxygen atoms in total. The van der Waals surface area contributed by atoms with Crippen molar-refractivity contribution in [2.75, 3.05) is 19.7 Å². The van der Waals surface area contributed by atoms with E-state index in [1.807, 2.05) is 6.92 Å². The van der Waals surface area contributed by atoms with Gasteiger partial charge in [-0.05, 0) is 38.3 Å². The Morgan fingerprint density at radius 1 is 1.45 bits per heavy atom. The van der Waals surface area contributed by atoms with Crippen molar-refractivity contribution in [1.82, 2.24) is 4.90 Å². The van der Waals surface area contributed by atoms with E-state index in [1.165, 1.54) is 0 Å². The van der Waals surface area contributed by atoms with Gasteiger partial charge in [-0.1, -0.05) is 12.1 Å². The number of benzene rings is 1. The van der Waals surface area contributed by atoms with Crippen LogP contribution in [0.1, 0.15) is 42.1 Å². The number of nitrogens with zero attached hydrogens (tertiary/aromatic N) is 2. The molecule has 0 spiro atoms. The fourth-order valence-electron chi connectivity index (χ4n) is 2.49. The van der Waals surface area contributed by atoms with E-state index in [4.69, 9.17) is 10.00 Å². The van der Waals surface area contributed by atoms with Crippen molar-refractivity contribution in [3.63, 3.8) is 0 Å². The summed E-state index contributed by atoms with van der Waals surface area (Å²) in [5, 5.41) is 9.10. The van der Waals surface area contributed by atoms with Crippen molar-refractivity contribution in [1.29, 1.82) is 5.26 Å². The Balaban J connectivity index is 2.10. The zero-order valence-electron chi connectivity index (χ0n) is 11.8. The predicted molar refractivity (Wildman–Crippen MR) is 76.3 cm³/mol. The highest BCUT2D eigenvalue weighted by Crippen LogP contribution is 2.16. The molecule has 0 radical (unpaired) electrons. The monoisotopic (exact) mass is 272 g/mol. The van der Waals surface area contributed by atoms with Crippen LogP contribution in [0, 0.1) is 11.3 Å². The second-order valence-corrected chi connectivity index (χ2v) is 4.99. The minimum atomic E-state index is -0.0844. The third-order valence-corrected chi connectivity index (χ3v) is 3.64. The fourth-order valence-corrected chi connectivity index (χ4v) is 2.49. The Hall–Kier alpha value is -1.86. The van der Waals surface area contributed by atoms with E-state index in [2.05, 4.69) is 6.07 Å². The molecule has 1 aromatic rings. The van der Waals surface area contributed by atoms with E-state index in [1.54, 1.807) is 29.2 Å². The fraction of sp³-hybridized carbons (Fsp3) is 0.500. The second kappa shape index (κ2) is 7.06. The van der Waals surface area contributed by atoms with Gasteiger partial charge in [0.15, 0.2) is 0 Å². The Kier molecular flexibility index (Phi) is 5.14. The molecule has 20 heavy (non-hydrogen) atoms. The van der Waals surface area contributed by atoms with E-state index >= 15 is 0 Å². The van der Waals surface area contributed by atoms with Crippen molar-refractivity contribution in [2.45, 2.75) is 32.3 Å². The van der Waals surface area contributed by atoms with Gasteiger partial charge in [-0.25, -0.2) is 0 Å². The number of amides is 1. The van der Waals surface area contributed by atoms with Crippen LogP contribution in [-0.4, -0.2) is 36.6 Å². The quantitative estimate of drug-likeness (QED) is 0.846. The van der Waals surface area contributed by atoms with Gasteiger partial charge in [0, 0.05) is 19.7 Å². The van der Waals surface area contributed by atoms with Crippen molar-refractivity contribution in [2.24, 2.45) is 0 Å². The lowest BCUT2D eigenvalue weighted by Gasteiger charge is -2.29. The largest absolute Gasteiger partial charge is 0.376 e. The summed E-state index contributed by atoms with van der Waals surface area (Å²) in [5.74, 6) is -0.0844. The summed E-state index contributed by atoms with van der Waals surface area (Å²) in [7, 11) is 0. The van der Waals surface area contributed by atoms with Gasteiger partial charge in [0.1, 0.15) is 0 Å². The summed E-state index contributed by atoms with van der Waals surface area (Å²) in [4.78, 5) is 14.3. The molecule has 1 atom stereocenters. The highest BCUT2D eigenvalue weighted by molar-refractivity contribution is 5.96. The topological polar surface area (TPSA) is 53.3 Å². The summed E-state index contributed by atoms with van der Waals surface area (Å²) in [6, 6.07) is 9.04. The normalized spacial score (nSPS) is 18.3. The average Bonchev–Trinajstić information content (AvgIpc) is 2.53. The van der Waals surface area contributed by atoms with Gasteiger partial charge < -0.3 is 9.64 Å². The first kappa shape index (κ1) is 14.5. The Morgan fingerprint density at radius 3 is 2.90 bits per heavy atom. The van der Waals surface area contributed by atoms with Crippen LogP contribution in [0.5, 0.6) is 0 Å². The molecule has 4 heteroatoms. The van der Waals surface area contributed by atoms with E-state index < -0.39 is 0 Å². The molecule has 1 aliphatic heterocycles. The van der Waals surface area contributed by atoms with Crippen LogP contribution < -0.4 is 0 Å². The standard InChI is InChI=1S/C16H20N2O2/c1-2-18(12-14-8-5-6-10-20-14)16(19)15-9-4-3-7-13(15)11-17/h3-4,7,9,14H,2,5-6,8,10,12H2,1H3. The number of rotatable bonds is 4. The summed E-state index contributed by atoms with van der Waals surface area (Å²) >= 11 is 0. The van der Waals surface area contributed by atoms with E-state index in [-0.39, 0.29) is 12.0 Å². The molecule has 0 saturated carbocycles. The molecular weight excluding hydrogens is 252 g/mol. The van der Waals surface area contributed by atoms with Crippen LogP contribution in [0.2, 0.25) is 0 Å². The number of nitriles is 1. The summed E-state index contributed by atoms with van der Waals surface area (Å²) < 4.78 is 5.69. The Morgan fingerprint density at radius 2 is 2.25 bits per heavy atom. The van der Waals surface area contributed by atoms with E-state index in [0.29, 0.717) is 24.2 Å². The molecule has 1 amide bonds. The summed E-state index contributed by atoms with van der Waals surface area (Å²) in [5.41, 5.74) is 0.910. The maximum Gasteiger partial charge on any atom is 0.255 e. The lowest BCUT2D eigenvalue weighted by atomic mass is 10.1. The Bertz CT molecular complexity index is 501. The van der Waals surface area contributed by atoms with Gasteiger partial charge in [0.05, 0.1) is 23.3 Å². The first-order valence-electron chi connectivity index (χ1n) is 7.16. The van der Waals surface area contributed by atoms with Gasteiger partial charge in [-0.15, -0.1) is 0 Å². The number of carbonyl (C=O) groups excluding carboxylic acids is 1. The molecule has 1 unspecified atom stereocenters. The molecule has 0 bridgehead atoms. The summed E-state index contributed by atoms with van der Waals surface area (Å²) in [6.07, 6.45) is 3.39. The zero-order chi connectivity index (χ0) is 14.4. The van der Waals surface area contributed by atoms with Gasteiger partial charge >= 0.3 is 0 Å². The van der Waals surface area contributed by atoms with Crippen LogP contribution in [0.3, 0.4) is 0 Å². The van der Waals surface area contributed by atoms with E-state index in [0.717, 1.165) is 25.9 Å². The van der Waals surface area contributed by atoms with Crippen molar-refractivity contribution in [3.05, 3.63) is 35.4 Å². The molecule has 106 valence electrons. The first-order chi connectivity index (χ1) is 9.76. The van der Waals surface area contributed by atoms with E-state index in [9.17, 15) is 4.79 Å². The van der Waals surface area contributed by atoms with Crippen molar-refractivity contribution >= 4 is 5.91 Å². The average molecular weight is 272 g/mol. The number of hydrogen-bond donors (Lipinski definition) is 0. The number of ether oxygens (including phenoxy) is 1. The zero-order valence-corrected chi connectivity index (χ0v) is 11.8. The Labute approximate surface area is 120 Å². The third-order valence-electron chi connectivity index (χ3n) is 3.64. The van der Waals surface area contributed by atoms with Crippen molar-refractivity contribution < 1.29 is 9.53 Å². The van der Waals surface area contributed by atoms with Gasteiger partial charge in [0.25, 0.3) is 5.91 Å². The molecule has 1 aromatic carbocycles. The van der Waals surface area contributed by atoms with Crippen molar-refractivity contribution in [3.8, 4) is 6.07 Å². The molecule has 2 rings (SSSR count). The molecule has 0 aromatic heterocycles. The highest BCUT2D eigenvalue weighted by Gasteiger charge is 2.22. The van der Waals surface area contributed by atoms with Gasteiger partial charge in [-0.3, -0.25) is 4.79 Å². The third kappa shape index (κ3) is 3.37. The molecule has 0 aliphatic carbocycles. The molecule has 1 saturated heterocycles. The number of hydrogen-bond acceptors (Lipinski definition) is 3. The highest BCUT2D eigenvalue weighted by atomic mass is 16.5. The van der Waals surface area contributed by atoms with Crippen LogP contribution in [-0.2, 0) is 4.74 Å². The molecule has 1 fully saturated rings. The van der Waals surface area contributed by atoms with Crippen LogP contribution in [0.4, 0.5) is 0 Å². The lowest BCUT2D eigenvalue weighted by Crippen LogP contribution is -2.39. The smallest absolute Gasteiger partial charge is 0.255 e. The van der Waals surface area contributed by atoms with Crippen LogP contribution in [0.25, 0.3) is 0 Å². The number of carbonyl (C=O) groups is 1. The summed E-state index contributed by atoms with van der Waals surface area (Å²) in [6.45, 7) is 3.97. The minimum Gasteiger partial charge on any atom is -0.376 e. The van der Waals surface area contributed by atoms with Crippen LogP contribution >= 0.6 is 0 Å². The first-order valence-corrected chi connectivity index (χ1v) is 7.16.